The van der Waals surface area contributed by atoms with Gasteiger partial charge in [-0.05, 0) is 25.8 Å². The van der Waals surface area contributed by atoms with E-state index in [1.54, 1.807) is 17.1 Å². The van der Waals surface area contributed by atoms with Crippen molar-refractivity contribution in [2.75, 3.05) is 10.7 Å². The fourth-order valence-electron chi connectivity index (χ4n) is 2.53. The minimum absolute atomic E-state index is 0.0363. The maximum atomic E-state index is 5.42. The highest BCUT2D eigenvalue weighted by molar-refractivity contribution is 5.39. The topological polar surface area (TPSA) is 107 Å². The molecule has 0 atom stereocenters. The Balaban J connectivity index is 1.92. The molecule has 1 aliphatic rings. The zero-order valence-corrected chi connectivity index (χ0v) is 11.4. The van der Waals surface area contributed by atoms with Crippen molar-refractivity contribution in [3.63, 3.8) is 0 Å². The molecule has 0 bridgehead atoms. The third kappa shape index (κ3) is 2.55. The van der Waals surface area contributed by atoms with Crippen LogP contribution in [0.1, 0.15) is 32.6 Å². The standard InChI is InChI=1S/C12H18N8/c1-12(5-2-3-6-12)18-9-15-10(19-13)17-11(16-9)20-8-4-7-14-20/h4,7-8H,2-3,5-6,13H2,1H3,(H2,15,16,17,18,19). The lowest BCUT2D eigenvalue weighted by molar-refractivity contribution is 0.527. The molecule has 106 valence electrons. The Morgan fingerprint density at radius 1 is 1.20 bits per heavy atom. The Hall–Kier alpha value is -2.22. The predicted octanol–water partition coefficient (Wildman–Crippen LogP) is 1.09. The minimum atomic E-state index is 0.0363. The lowest BCUT2D eigenvalue weighted by Crippen LogP contribution is -2.32. The monoisotopic (exact) mass is 274 g/mol. The van der Waals surface area contributed by atoms with Crippen LogP contribution >= 0.6 is 0 Å². The number of aromatic nitrogens is 5. The lowest BCUT2D eigenvalue weighted by Gasteiger charge is -2.25. The molecule has 8 nitrogen and oxygen atoms in total. The van der Waals surface area contributed by atoms with Crippen molar-refractivity contribution >= 4 is 11.9 Å². The van der Waals surface area contributed by atoms with Crippen LogP contribution in [0.15, 0.2) is 18.5 Å². The first-order valence-electron chi connectivity index (χ1n) is 6.69. The highest BCUT2D eigenvalue weighted by Gasteiger charge is 2.29. The van der Waals surface area contributed by atoms with E-state index in [1.165, 1.54) is 12.8 Å². The normalized spacial score (nSPS) is 17.1. The summed E-state index contributed by atoms with van der Waals surface area (Å²) < 4.78 is 1.57. The summed E-state index contributed by atoms with van der Waals surface area (Å²) in [7, 11) is 0. The van der Waals surface area contributed by atoms with Crippen molar-refractivity contribution in [3.8, 4) is 5.95 Å². The first kappa shape index (κ1) is 12.8. The summed E-state index contributed by atoms with van der Waals surface area (Å²) in [6.07, 6.45) is 8.12. The van der Waals surface area contributed by atoms with Crippen molar-refractivity contribution in [2.45, 2.75) is 38.1 Å². The average Bonchev–Trinajstić information content (AvgIpc) is 3.09. The molecular formula is C12H18N8. The van der Waals surface area contributed by atoms with Crippen molar-refractivity contribution in [3.05, 3.63) is 18.5 Å². The highest BCUT2D eigenvalue weighted by Crippen LogP contribution is 2.31. The van der Waals surface area contributed by atoms with Crippen LogP contribution in [0.25, 0.3) is 5.95 Å². The molecule has 2 aromatic rings. The van der Waals surface area contributed by atoms with Crippen molar-refractivity contribution in [1.82, 2.24) is 24.7 Å². The number of anilines is 2. The Kier molecular flexibility index (Phi) is 3.23. The van der Waals surface area contributed by atoms with Crippen LogP contribution in [0, 0.1) is 0 Å². The highest BCUT2D eigenvalue weighted by atomic mass is 15.4. The van der Waals surface area contributed by atoms with Crippen LogP contribution in [-0.2, 0) is 0 Å². The molecule has 0 unspecified atom stereocenters. The van der Waals surface area contributed by atoms with Gasteiger partial charge in [-0.2, -0.15) is 20.1 Å². The van der Waals surface area contributed by atoms with Gasteiger partial charge in [-0.1, -0.05) is 12.8 Å². The van der Waals surface area contributed by atoms with Crippen LogP contribution < -0.4 is 16.6 Å². The number of nitrogens with two attached hydrogens (primary N) is 1. The van der Waals surface area contributed by atoms with Gasteiger partial charge in [0.05, 0.1) is 0 Å². The van der Waals surface area contributed by atoms with Gasteiger partial charge in [-0.3, -0.25) is 5.43 Å². The molecule has 0 amide bonds. The van der Waals surface area contributed by atoms with E-state index in [1.807, 2.05) is 6.07 Å². The number of rotatable bonds is 4. The summed E-state index contributed by atoms with van der Waals surface area (Å²) in [5.41, 5.74) is 2.50. The molecule has 1 fully saturated rings. The van der Waals surface area contributed by atoms with Gasteiger partial charge in [-0.15, -0.1) is 0 Å². The molecule has 20 heavy (non-hydrogen) atoms. The molecule has 2 heterocycles. The smallest absolute Gasteiger partial charge is 0.257 e. The van der Waals surface area contributed by atoms with E-state index in [0.717, 1.165) is 12.8 Å². The largest absolute Gasteiger partial charge is 0.349 e. The van der Waals surface area contributed by atoms with Crippen LogP contribution in [0.2, 0.25) is 0 Å². The zero-order chi connectivity index (χ0) is 14.0. The van der Waals surface area contributed by atoms with E-state index in [9.17, 15) is 0 Å². The summed E-state index contributed by atoms with van der Waals surface area (Å²) in [6.45, 7) is 2.19. The number of hydrogen-bond donors (Lipinski definition) is 3. The number of hydrazine groups is 1. The Morgan fingerprint density at radius 2 is 1.95 bits per heavy atom. The van der Waals surface area contributed by atoms with Gasteiger partial charge >= 0.3 is 0 Å². The molecule has 4 N–H and O–H groups in total. The fourth-order valence-corrected chi connectivity index (χ4v) is 2.53. The molecule has 0 aliphatic heterocycles. The third-order valence-electron chi connectivity index (χ3n) is 3.58. The average molecular weight is 274 g/mol. The molecule has 1 aliphatic carbocycles. The molecule has 0 aromatic carbocycles. The quantitative estimate of drug-likeness (QED) is 0.566. The van der Waals surface area contributed by atoms with E-state index < -0.39 is 0 Å². The molecule has 0 spiro atoms. The molecule has 2 aromatic heterocycles. The second-order valence-corrected chi connectivity index (χ2v) is 5.27. The second-order valence-electron chi connectivity index (χ2n) is 5.27. The van der Waals surface area contributed by atoms with E-state index >= 15 is 0 Å². The van der Waals surface area contributed by atoms with Gasteiger partial charge in [-0.25, -0.2) is 10.5 Å². The summed E-state index contributed by atoms with van der Waals surface area (Å²) in [6, 6.07) is 1.81. The van der Waals surface area contributed by atoms with Gasteiger partial charge in [0.2, 0.25) is 11.9 Å². The Morgan fingerprint density at radius 3 is 2.60 bits per heavy atom. The number of hydrogen-bond acceptors (Lipinski definition) is 7. The molecule has 3 rings (SSSR count). The fraction of sp³-hybridized carbons (Fsp3) is 0.500. The third-order valence-corrected chi connectivity index (χ3v) is 3.58. The molecule has 0 saturated heterocycles. The summed E-state index contributed by atoms with van der Waals surface area (Å²) >= 11 is 0. The minimum Gasteiger partial charge on any atom is -0.349 e. The molecule has 8 heteroatoms. The van der Waals surface area contributed by atoms with Crippen molar-refractivity contribution in [1.29, 1.82) is 0 Å². The van der Waals surface area contributed by atoms with Crippen LogP contribution in [0.4, 0.5) is 11.9 Å². The Bertz CT molecular complexity index is 573. The second kappa shape index (κ2) is 5.04. The SMILES string of the molecule is CC1(Nc2nc(NN)nc(-n3cccn3)n2)CCCC1. The van der Waals surface area contributed by atoms with Crippen molar-refractivity contribution in [2.24, 2.45) is 5.84 Å². The van der Waals surface area contributed by atoms with E-state index in [4.69, 9.17) is 5.84 Å². The van der Waals surface area contributed by atoms with Gasteiger partial charge in [0.1, 0.15) is 0 Å². The lowest BCUT2D eigenvalue weighted by atomic mass is 10.0. The summed E-state index contributed by atoms with van der Waals surface area (Å²) in [4.78, 5) is 12.9. The molecule has 1 saturated carbocycles. The van der Waals surface area contributed by atoms with Crippen LogP contribution in [0.3, 0.4) is 0 Å². The zero-order valence-electron chi connectivity index (χ0n) is 11.4. The Labute approximate surface area is 116 Å². The van der Waals surface area contributed by atoms with Crippen molar-refractivity contribution < 1.29 is 0 Å². The van der Waals surface area contributed by atoms with E-state index in [2.05, 4.69) is 37.7 Å². The van der Waals surface area contributed by atoms with Gasteiger partial charge in [0.25, 0.3) is 5.95 Å². The maximum absolute atomic E-state index is 5.42. The first-order valence-corrected chi connectivity index (χ1v) is 6.69. The predicted molar refractivity (Wildman–Crippen MR) is 75.3 cm³/mol. The molecule has 0 radical (unpaired) electrons. The van der Waals surface area contributed by atoms with Gasteiger partial charge < -0.3 is 5.32 Å². The van der Waals surface area contributed by atoms with Gasteiger partial charge in [0, 0.05) is 17.9 Å². The number of nitrogens with zero attached hydrogens (tertiary/aromatic N) is 5. The maximum Gasteiger partial charge on any atom is 0.257 e. The van der Waals surface area contributed by atoms with Crippen LogP contribution in [-0.4, -0.2) is 30.3 Å². The molecular weight excluding hydrogens is 256 g/mol. The van der Waals surface area contributed by atoms with Gasteiger partial charge in [0.15, 0.2) is 0 Å². The summed E-state index contributed by atoms with van der Waals surface area (Å²) in [5.74, 6) is 6.69. The number of nitrogen functional groups attached to an aromatic ring is 1. The first-order chi connectivity index (χ1) is 9.68. The summed E-state index contributed by atoms with van der Waals surface area (Å²) in [5, 5.41) is 7.52. The number of nitrogens with one attached hydrogen (secondary N) is 2. The van der Waals surface area contributed by atoms with E-state index in [-0.39, 0.29) is 5.54 Å². The van der Waals surface area contributed by atoms with E-state index in [0.29, 0.717) is 17.8 Å². The van der Waals surface area contributed by atoms with Crippen LogP contribution in [0.5, 0.6) is 0 Å².